The lowest BCUT2D eigenvalue weighted by molar-refractivity contribution is -0.139. The molecule has 2 rings (SSSR count). The van der Waals surface area contributed by atoms with Crippen LogP contribution in [0.15, 0.2) is 18.2 Å². The van der Waals surface area contributed by atoms with Gasteiger partial charge in [0.25, 0.3) is 5.91 Å². The zero-order chi connectivity index (χ0) is 14.0. The lowest BCUT2D eigenvalue weighted by Gasteiger charge is -2.15. The van der Waals surface area contributed by atoms with E-state index in [9.17, 15) is 14.0 Å². The van der Waals surface area contributed by atoms with Gasteiger partial charge in [0.05, 0.1) is 12.7 Å². The monoisotopic (exact) mass is 267 g/mol. The highest BCUT2D eigenvalue weighted by atomic mass is 19.1. The summed E-state index contributed by atoms with van der Waals surface area (Å²) in [6.07, 6.45) is 1.55. The summed E-state index contributed by atoms with van der Waals surface area (Å²) in [7, 11) is 1.25. The van der Waals surface area contributed by atoms with Gasteiger partial charge in [-0.1, -0.05) is 6.07 Å². The van der Waals surface area contributed by atoms with Crippen LogP contribution in [0.4, 0.5) is 4.39 Å². The van der Waals surface area contributed by atoms with Crippen LogP contribution in [0.2, 0.25) is 0 Å². The van der Waals surface area contributed by atoms with Crippen molar-refractivity contribution >= 4 is 11.9 Å². The van der Waals surface area contributed by atoms with E-state index in [2.05, 4.69) is 5.32 Å². The topological polar surface area (TPSA) is 75.6 Å². The summed E-state index contributed by atoms with van der Waals surface area (Å²) in [4.78, 5) is 23.1. The Morgan fingerprint density at radius 1 is 1.47 bits per heavy atom. The highest BCUT2D eigenvalue weighted by Gasteiger charge is 2.37. The molecule has 0 saturated heterocycles. The normalized spacial score (nSPS) is 15.7. The van der Waals surface area contributed by atoms with Crippen LogP contribution in [0.1, 0.15) is 23.2 Å². The van der Waals surface area contributed by atoms with Crippen molar-refractivity contribution in [2.24, 2.45) is 5.92 Å². The molecule has 0 radical (unpaired) electrons. The number of carbonyl (C=O) groups is 2. The van der Waals surface area contributed by atoms with Crippen molar-refractivity contribution in [2.75, 3.05) is 7.11 Å². The molecule has 0 bridgehead atoms. The summed E-state index contributed by atoms with van der Waals surface area (Å²) in [5.41, 5.74) is -0.00519. The van der Waals surface area contributed by atoms with E-state index in [1.54, 1.807) is 0 Å². The predicted molar refractivity (Wildman–Crippen MR) is 64.6 cm³/mol. The molecule has 19 heavy (non-hydrogen) atoms. The summed E-state index contributed by atoms with van der Waals surface area (Å²) >= 11 is 0. The third-order valence-electron chi connectivity index (χ3n) is 3.06. The molecule has 1 aliphatic rings. The van der Waals surface area contributed by atoms with Gasteiger partial charge in [-0.3, -0.25) is 4.79 Å². The number of hydrogen-bond donors (Lipinski definition) is 2. The Balaban J connectivity index is 2.19. The van der Waals surface area contributed by atoms with Gasteiger partial charge < -0.3 is 15.2 Å². The van der Waals surface area contributed by atoms with E-state index in [1.165, 1.54) is 25.3 Å². The molecule has 1 saturated carbocycles. The van der Waals surface area contributed by atoms with Crippen LogP contribution in [0.3, 0.4) is 0 Å². The fourth-order valence-corrected chi connectivity index (χ4v) is 1.92. The van der Waals surface area contributed by atoms with Gasteiger partial charge in [0.1, 0.15) is 6.04 Å². The zero-order valence-electron chi connectivity index (χ0n) is 10.4. The first-order chi connectivity index (χ1) is 9.04. The van der Waals surface area contributed by atoms with Gasteiger partial charge in [-0.2, -0.15) is 0 Å². The average molecular weight is 267 g/mol. The number of ether oxygens (including phenoxy) is 1. The molecule has 102 valence electrons. The molecule has 5 nitrogen and oxygen atoms in total. The third kappa shape index (κ3) is 2.83. The number of aliphatic carboxylic acids is 1. The number of para-hydroxylation sites is 1. The van der Waals surface area contributed by atoms with Gasteiger partial charge in [-0.25, -0.2) is 9.18 Å². The number of rotatable bonds is 5. The minimum atomic E-state index is -1.08. The minimum absolute atomic E-state index is 0.00519. The number of benzene rings is 1. The van der Waals surface area contributed by atoms with E-state index in [0.29, 0.717) is 0 Å². The van der Waals surface area contributed by atoms with Crippen molar-refractivity contribution in [2.45, 2.75) is 18.9 Å². The van der Waals surface area contributed by atoms with Gasteiger partial charge >= 0.3 is 5.97 Å². The van der Waals surface area contributed by atoms with E-state index in [-0.39, 0.29) is 17.2 Å². The standard InChI is InChI=1S/C13H14FNO4/c1-19-11-8(3-2-4-9(11)14)12(16)15-10(13(17)18)7-5-6-7/h2-4,7,10H,5-6H2,1H3,(H,15,16)(H,17,18)/t10-/m0/s1. The van der Waals surface area contributed by atoms with Gasteiger partial charge in [0, 0.05) is 0 Å². The van der Waals surface area contributed by atoms with Gasteiger partial charge in [-0.15, -0.1) is 0 Å². The molecule has 0 aliphatic heterocycles. The molecule has 6 heteroatoms. The van der Waals surface area contributed by atoms with E-state index < -0.39 is 23.7 Å². The van der Waals surface area contributed by atoms with Crippen LogP contribution in [0.25, 0.3) is 0 Å². The predicted octanol–water partition coefficient (Wildman–Crippen LogP) is 1.43. The summed E-state index contributed by atoms with van der Waals surface area (Å²) in [5.74, 6) is -2.60. The van der Waals surface area contributed by atoms with E-state index in [0.717, 1.165) is 12.8 Å². The molecule has 0 unspecified atom stereocenters. The molecule has 0 spiro atoms. The van der Waals surface area contributed by atoms with E-state index in [4.69, 9.17) is 9.84 Å². The van der Waals surface area contributed by atoms with Crippen molar-refractivity contribution in [3.63, 3.8) is 0 Å². The van der Waals surface area contributed by atoms with Crippen LogP contribution in [0.5, 0.6) is 5.75 Å². The third-order valence-corrected chi connectivity index (χ3v) is 3.06. The lowest BCUT2D eigenvalue weighted by Crippen LogP contribution is -2.42. The molecule has 2 N–H and O–H groups in total. The number of methoxy groups -OCH3 is 1. The first kappa shape index (κ1) is 13.3. The number of carbonyl (C=O) groups excluding carboxylic acids is 1. The highest BCUT2D eigenvalue weighted by molar-refractivity contribution is 5.99. The number of carboxylic acids is 1. The molecule has 0 heterocycles. The second kappa shape index (κ2) is 5.26. The minimum Gasteiger partial charge on any atom is -0.493 e. The Kier molecular flexibility index (Phi) is 3.69. The molecule has 1 atom stereocenters. The van der Waals surface area contributed by atoms with Crippen LogP contribution in [0, 0.1) is 11.7 Å². The summed E-state index contributed by atoms with van der Waals surface area (Å²) in [5, 5.41) is 11.5. The fourth-order valence-electron chi connectivity index (χ4n) is 1.92. The van der Waals surface area contributed by atoms with Crippen LogP contribution in [-0.2, 0) is 4.79 Å². The number of hydrogen-bond acceptors (Lipinski definition) is 3. The van der Waals surface area contributed by atoms with Gasteiger partial charge in [0.2, 0.25) is 0 Å². The maximum atomic E-state index is 13.5. The number of halogens is 1. The Morgan fingerprint density at radius 3 is 2.68 bits per heavy atom. The molecule has 0 aromatic heterocycles. The molecular weight excluding hydrogens is 253 g/mol. The van der Waals surface area contributed by atoms with E-state index >= 15 is 0 Å². The number of amides is 1. The maximum absolute atomic E-state index is 13.5. The van der Waals surface area contributed by atoms with Gasteiger partial charge in [0.15, 0.2) is 11.6 Å². The van der Waals surface area contributed by atoms with Crippen LogP contribution >= 0.6 is 0 Å². The SMILES string of the molecule is COc1c(F)cccc1C(=O)N[C@H](C(=O)O)C1CC1. The summed E-state index contributed by atoms with van der Waals surface area (Å²) in [6.45, 7) is 0. The number of carboxylic acid groups (broad SMARTS) is 1. The lowest BCUT2D eigenvalue weighted by atomic mass is 10.1. The molecule has 1 aromatic rings. The Morgan fingerprint density at radius 2 is 2.16 bits per heavy atom. The molecule has 1 aliphatic carbocycles. The van der Waals surface area contributed by atoms with Crippen molar-refractivity contribution in [3.05, 3.63) is 29.6 Å². The highest BCUT2D eigenvalue weighted by Crippen LogP contribution is 2.33. The largest absolute Gasteiger partial charge is 0.493 e. The summed E-state index contributed by atoms with van der Waals surface area (Å²) in [6, 6.07) is 3.01. The second-order valence-corrected chi connectivity index (χ2v) is 4.45. The van der Waals surface area contributed by atoms with Crippen LogP contribution < -0.4 is 10.1 Å². The quantitative estimate of drug-likeness (QED) is 0.846. The fraction of sp³-hybridized carbons (Fsp3) is 0.385. The first-order valence-corrected chi connectivity index (χ1v) is 5.90. The average Bonchev–Trinajstić information content (AvgIpc) is 3.19. The Labute approximate surface area is 109 Å². The van der Waals surface area contributed by atoms with Crippen molar-refractivity contribution < 1.29 is 23.8 Å². The van der Waals surface area contributed by atoms with Crippen molar-refractivity contribution in [3.8, 4) is 5.75 Å². The maximum Gasteiger partial charge on any atom is 0.326 e. The smallest absolute Gasteiger partial charge is 0.326 e. The Hall–Kier alpha value is -2.11. The first-order valence-electron chi connectivity index (χ1n) is 5.90. The van der Waals surface area contributed by atoms with Crippen molar-refractivity contribution in [1.29, 1.82) is 0 Å². The van der Waals surface area contributed by atoms with E-state index in [1.807, 2.05) is 0 Å². The molecule has 1 fully saturated rings. The zero-order valence-corrected chi connectivity index (χ0v) is 10.4. The number of nitrogens with one attached hydrogen (secondary N) is 1. The second-order valence-electron chi connectivity index (χ2n) is 4.45. The van der Waals surface area contributed by atoms with Crippen molar-refractivity contribution in [1.82, 2.24) is 5.32 Å². The molecule has 1 aromatic carbocycles. The van der Waals surface area contributed by atoms with Crippen LogP contribution in [-0.4, -0.2) is 30.1 Å². The Bertz CT molecular complexity index is 513. The molecular formula is C13H14FNO4. The summed E-state index contributed by atoms with van der Waals surface area (Å²) < 4.78 is 18.3. The van der Waals surface area contributed by atoms with Gasteiger partial charge in [-0.05, 0) is 30.9 Å². The molecule has 1 amide bonds.